The molecule has 0 saturated carbocycles. The zero-order valence-corrected chi connectivity index (χ0v) is 13.8. The average molecular weight is 294 g/mol. The summed E-state index contributed by atoms with van der Waals surface area (Å²) in [4.78, 5) is 14.6. The molecule has 1 aliphatic rings. The van der Waals surface area contributed by atoms with Crippen LogP contribution in [0.15, 0.2) is 18.2 Å². The number of aryl methyl sites for hydroxylation is 1. The Morgan fingerprint density at radius 3 is 2.43 bits per heavy atom. The van der Waals surface area contributed by atoms with Crippen molar-refractivity contribution in [3.05, 3.63) is 29.6 Å². The summed E-state index contributed by atoms with van der Waals surface area (Å²) in [5.41, 5.74) is 1.10. The van der Waals surface area contributed by atoms with E-state index >= 15 is 0 Å². The molecular weight excluding hydrogens is 267 g/mol. The molecule has 0 aromatic heterocycles. The van der Waals surface area contributed by atoms with E-state index in [1.54, 1.807) is 6.07 Å². The zero-order chi connectivity index (χ0) is 16.0. The van der Waals surface area contributed by atoms with Crippen molar-refractivity contribution >= 4 is 11.6 Å². The van der Waals surface area contributed by atoms with Gasteiger partial charge in [0.2, 0.25) is 5.91 Å². The number of benzene rings is 1. The molecule has 0 unspecified atom stereocenters. The molecule has 118 valence electrons. The van der Waals surface area contributed by atoms with Gasteiger partial charge in [0.15, 0.2) is 0 Å². The van der Waals surface area contributed by atoms with Crippen molar-refractivity contribution < 1.29 is 9.18 Å². The Morgan fingerprint density at radius 1 is 1.29 bits per heavy atom. The van der Waals surface area contributed by atoms with Gasteiger partial charge in [-0.3, -0.25) is 4.79 Å². The van der Waals surface area contributed by atoms with Crippen molar-refractivity contribution in [1.82, 2.24) is 4.90 Å². The standard InChI is InChI=1S/C15H21FN2O.C2H6/c1-11-4-5-12(16)10-13(11)17-14(19)15(2)6-8-18(3)9-7-15;1-2/h4-5,10H,6-9H2,1-3H3,(H,17,19);1-2H3. The molecule has 1 fully saturated rings. The molecule has 0 atom stereocenters. The Labute approximate surface area is 127 Å². The van der Waals surface area contributed by atoms with Crippen molar-refractivity contribution in [3.63, 3.8) is 0 Å². The number of halogens is 1. The third-order valence-corrected chi connectivity index (χ3v) is 4.09. The fraction of sp³-hybridized carbons (Fsp3) is 0.588. The van der Waals surface area contributed by atoms with Crippen LogP contribution in [-0.2, 0) is 4.79 Å². The van der Waals surface area contributed by atoms with Gasteiger partial charge in [-0.25, -0.2) is 4.39 Å². The molecule has 21 heavy (non-hydrogen) atoms. The van der Waals surface area contributed by atoms with E-state index in [2.05, 4.69) is 17.3 Å². The van der Waals surface area contributed by atoms with E-state index < -0.39 is 0 Å². The molecular formula is C17H27FN2O. The first-order valence-electron chi connectivity index (χ1n) is 7.67. The van der Waals surface area contributed by atoms with E-state index in [0.29, 0.717) is 5.69 Å². The van der Waals surface area contributed by atoms with Gasteiger partial charge in [-0.2, -0.15) is 0 Å². The number of anilines is 1. The highest BCUT2D eigenvalue weighted by molar-refractivity contribution is 5.95. The Kier molecular flexibility index (Phi) is 6.34. The number of carbonyl (C=O) groups excluding carboxylic acids is 1. The number of carbonyl (C=O) groups is 1. The van der Waals surface area contributed by atoms with Gasteiger partial charge in [0, 0.05) is 11.1 Å². The minimum atomic E-state index is -0.356. The highest BCUT2D eigenvalue weighted by atomic mass is 19.1. The second-order valence-electron chi connectivity index (χ2n) is 5.78. The van der Waals surface area contributed by atoms with Gasteiger partial charge in [0.25, 0.3) is 0 Å². The first-order chi connectivity index (χ1) is 9.90. The van der Waals surface area contributed by atoms with Gasteiger partial charge in [-0.15, -0.1) is 0 Å². The monoisotopic (exact) mass is 294 g/mol. The van der Waals surface area contributed by atoms with Crippen molar-refractivity contribution in [2.75, 3.05) is 25.5 Å². The number of hydrogen-bond donors (Lipinski definition) is 1. The highest BCUT2D eigenvalue weighted by Gasteiger charge is 2.36. The lowest BCUT2D eigenvalue weighted by atomic mass is 9.79. The summed E-state index contributed by atoms with van der Waals surface area (Å²) < 4.78 is 13.2. The van der Waals surface area contributed by atoms with E-state index in [-0.39, 0.29) is 17.1 Å². The lowest BCUT2D eigenvalue weighted by Crippen LogP contribution is -2.43. The zero-order valence-electron chi connectivity index (χ0n) is 13.8. The maximum atomic E-state index is 13.2. The van der Waals surface area contributed by atoms with E-state index in [1.807, 2.05) is 27.7 Å². The van der Waals surface area contributed by atoms with Crippen LogP contribution in [0.2, 0.25) is 0 Å². The molecule has 1 aromatic rings. The molecule has 4 heteroatoms. The molecule has 1 aromatic carbocycles. The molecule has 1 N–H and O–H groups in total. The van der Waals surface area contributed by atoms with E-state index in [1.165, 1.54) is 12.1 Å². The van der Waals surface area contributed by atoms with Gasteiger partial charge >= 0.3 is 0 Å². The number of nitrogens with zero attached hydrogens (tertiary/aromatic N) is 1. The fourth-order valence-electron chi connectivity index (χ4n) is 2.34. The van der Waals surface area contributed by atoms with Crippen LogP contribution >= 0.6 is 0 Å². The molecule has 0 spiro atoms. The maximum absolute atomic E-state index is 13.2. The van der Waals surface area contributed by atoms with Gasteiger partial charge in [0.1, 0.15) is 5.82 Å². The molecule has 2 rings (SSSR count). The van der Waals surface area contributed by atoms with Crippen LogP contribution in [-0.4, -0.2) is 30.9 Å². The average Bonchev–Trinajstić information content (AvgIpc) is 2.48. The number of likely N-dealkylation sites (tertiary alicyclic amines) is 1. The number of rotatable bonds is 2. The smallest absolute Gasteiger partial charge is 0.230 e. The maximum Gasteiger partial charge on any atom is 0.230 e. The van der Waals surface area contributed by atoms with Crippen LogP contribution < -0.4 is 5.32 Å². The summed E-state index contributed by atoms with van der Waals surface area (Å²) in [6.07, 6.45) is 1.67. The summed E-state index contributed by atoms with van der Waals surface area (Å²) in [5, 5.41) is 2.88. The van der Waals surface area contributed by atoms with Crippen LogP contribution in [0.25, 0.3) is 0 Å². The van der Waals surface area contributed by atoms with Crippen LogP contribution in [0.4, 0.5) is 10.1 Å². The number of piperidine rings is 1. The predicted molar refractivity (Wildman–Crippen MR) is 86.0 cm³/mol. The fourth-order valence-corrected chi connectivity index (χ4v) is 2.34. The van der Waals surface area contributed by atoms with Crippen molar-refractivity contribution in [2.45, 2.75) is 40.5 Å². The summed E-state index contributed by atoms with van der Waals surface area (Å²) in [6, 6.07) is 4.47. The van der Waals surface area contributed by atoms with Crippen LogP contribution in [0.1, 0.15) is 39.2 Å². The van der Waals surface area contributed by atoms with Gasteiger partial charge in [-0.1, -0.05) is 26.8 Å². The second kappa shape index (κ2) is 7.55. The number of nitrogens with one attached hydrogen (secondary N) is 1. The topological polar surface area (TPSA) is 32.3 Å². The number of hydrogen-bond acceptors (Lipinski definition) is 2. The van der Waals surface area contributed by atoms with Crippen LogP contribution in [0.5, 0.6) is 0 Å². The van der Waals surface area contributed by atoms with E-state index in [4.69, 9.17) is 0 Å². The van der Waals surface area contributed by atoms with Crippen LogP contribution in [0.3, 0.4) is 0 Å². The summed E-state index contributed by atoms with van der Waals surface area (Å²) in [7, 11) is 2.06. The molecule has 3 nitrogen and oxygen atoms in total. The largest absolute Gasteiger partial charge is 0.325 e. The SMILES string of the molecule is CC.Cc1ccc(F)cc1NC(=O)C1(C)CCN(C)CC1. The minimum Gasteiger partial charge on any atom is -0.325 e. The lowest BCUT2D eigenvalue weighted by Gasteiger charge is -2.36. The summed E-state index contributed by atoms with van der Waals surface area (Å²) in [5.74, 6) is -0.330. The van der Waals surface area contributed by atoms with Crippen molar-refractivity contribution in [1.29, 1.82) is 0 Å². The molecule has 0 aliphatic carbocycles. The van der Waals surface area contributed by atoms with Gasteiger partial charge in [-0.05, 0) is 57.6 Å². The van der Waals surface area contributed by atoms with E-state index in [0.717, 1.165) is 31.5 Å². The molecule has 0 bridgehead atoms. The molecule has 1 saturated heterocycles. The van der Waals surface area contributed by atoms with Crippen molar-refractivity contribution in [2.24, 2.45) is 5.41 Å². The Hall–Kier alpha value is -1.42. The van der Waals surface area contributed by atoms with E-state index in [9.17, 15) is 9.18 Å². The quantitative estimate of drug-likeness (QED) is 0.899. The molecule has 0 radical (unpaired) electrons. The summed E-state index contributed by atoms with van der Waals surface area (Å²) in [6.45, 7) is 9.70. The molecule has 1 aliphatic heterocycles. The number of amides is 1. The van der Waals surface area contributed by atoms with Gasteiger partial charge < -0.3 is 10.2 Å². The Balaban J connectivity index is 0.00000106. The Bertz CT molecular complexity index is 480. The third-order valence-electron chi connectivity index (χ3n) is 4.09. The first kappa shape index (κ1) is 17.6. The second-order valence-corrected chi connectivity index (χ2v) is 5.78. The van der Waals surface area contributed by atoms with Crippen LogP contribution in [0, 0.1) is 18.2 Å². The first-order valence-corrected chi connectivity index (χ1v) is 7.67. The third kappa shape index (κ3) is 4.53. The highest BCUT2D eigenvalue weighted by Crippen LogP contribution is 2.32. The van der Waals surface area contributed by atoms with Gasteiger partial charge in [0.05, 0.1) is 0 Å². The predicted octanol–water partition coefficient (Wildman–Crippen LogP) is 3.83. The minimum absolute atomic E-state index is 0.00528. The van der Waals surface area contributed by atoms with Crippen molar-refractivity contribution in [3.8, 4) is 0 Å². The Morgan fingerprint density at radius 2 is 1.86 bits per heavy atom. The molecule has 1 amide bonds. The molecule has 1 heterocycles. The summed E-state index contributed by atoms with van der Waals surface area (Å²) >= 11 is 0. The normalized spacial score (nSPS) is 17.6. The lowest BCUT2D eigenvalue weighted by molar-refractivity contribution is -0.127.